The summed E-state index contributed by atoms with van der Waals surface area (Å²) in [6.45, 7) is 5.77. The summed E-state index contributed by atoms with van der Waals surface area (Å²) in [6, 6.07) is 13.1. The van der Waals surface area contributed by atoms with Crippen molar-refractivity contribution in [2.24, 2.45) is 22.6 Å². The Bertz CT molecular complexity index is 2420. The number of pyridine rings is 1. The zero-order chi connectivity index (χ0) is 45.1. The summed E-state index contributed by atoms with van der Waals surface area (Å²) in [5.41, 5.74) is 13.8. The molecule has 1 aliphatic carbocycles. The van der Waals surface area contributed by atoms with Gasteiger partial charge in [-0.15, -0.1) is 0 Å². The summed E-state index contributed by atoms with van der Waals surface area (Å²) in [5.74, 6) is -1.53. The molecule has 5 heterocycles. The van der Waals surface area contributed by atoms with Crippen LogP contribution in [0.5, 0.6) is 0 Å². The van der Waals surface area contributed by atoms with Crippen LogP contribution in [-0.2, 0) is 40.3 Å². The number of amides is 3. The molecule has 2 saturated heterocycles. The number of anilines is 2. The topological polar surface area (TPSA) is 189 Å². The van der Waals surface area contributed by atoms with Gasteiger partial charge in [-0.05, 0) is 85.0 Å². The quantitative estimate of drug-likeness (QED) is 0.0880. The number of ketones is 1. The lowest BCUT2D eigenvalue weighted by Gasteiger charge is -2.39. The van der Waals surface area contributed by atoms with Crippen molar-refractivity contribution in [3.05, 3.63) is 105 Å². The summed E-state index contributed by atoms with van der Waals surface area (Å²) in [6.07, 6.45) is 6.74. The van der Waals surface area contributed by atoms with Crippen molar-refractivity contribution in [3.63, 3.8) is 0 Å². The summed E-state index contributed by atoms with van der Waals surface area (Å²) in [4.78, 5) is 64.9. The number of fused-ring (bicyclic) bond motifs is 2. The molecule has 16 heteroatoms. The van der Waals surface area contributed by atoms with Gasteiger partial charge in [0, 0.05) is 135 Å². The Hall–Kier alpha value is -6.29. The maximum atomic E-state index is 14.6. The van der Waals surface area contributed by atoms with Crippen molar-refractivity contribution in [2.75, 3.05) is 50.0 Å². The maximum Gasteiger partial charge on any atom is 0.264 e. The zero-order valence-corrected chi connectivity index (χ0v) is 36.4. The van der Waals surface area contributed by atoms with E-state index in [9.17, 15) is 33.4 Å². The van der Waals surface area contributed by atoms with Gasteiger partial charge in [-0.25, -0.2) is 8.78 Å². The highest BCUT2D eigenvalue weighted by atomic mass is 19.3. The van der Waals surface area contributed by atoms with Crippen molar-refractivity contribution in [3.8, 4) is 0 Å². The number of aryl methyl sites for hydroxylation is 1. The highest BCUT2D eigenvalue weighted by Gasteiger charge is 2.42. The Labute approximate surface area is 371 Å². The average molecular weight is 875 g/mol. The maximum absolute atomic E-state index is 14.6. The normalized spacial score (nSPS) is 21.1. The van der Waals surface area contributed by atoms with Crippen molar-refractivity contribution in [2.45, 2.75) is 83.8 Å². The number of nitrogens with zero attached hydrogens (tertiary/aromatic N) is 5. The first-order valence-corrected chi connectivity index (χ1v) is 22.2. The van der Waals surface area contributed by atoms with Gasteiger partial charge in [-0.1, -0.05) is 18.2 Å². The number of hydrogen-bond acceptors (Lipinski definition) is 11. The van der Waals surface area contributed by atoms with E-state index < -0.39 is 18.3 Å². The molecule has 2 fully saturated rings. The second-order valence-corrected chi connectivity index (χ2v) is 17.4. The first-order valence-electron chi connectivity index (χ1n) is 22.2. The second-order valence-electron chi connectivity index (χ2n) is 17.4. The number of nitrogens with two attached hydrogens (primary N) is 1. The van der Waals surface area contributed by atoms with Crippen molar-refractivity contribution >= 4 is 52.5 Å². The SMILES string of the molecule is CN=CC(=CN)c1cc2c(cc1C(F)F)N(C(=N)C1=C(NC3CCN(Cc4ccc(CNc5cccc6c5C[C@@H](C5CCC(=O)NC5=O)C6=O)nc4)CC3)CCN(C(C)=O)C1)CCC2. The largest absolute Gasteiger partial charge is 0.404 e. The summed E-state index contributed by atoms with van der Waals surface area (Å²) >= 11 is 0. The van der Waals surface area contributed by atoms with E-state index in [0.29, 0.717) is 73.3 Å². The minimum Gasteiger partial charge on any atom is -0.404 e. The fraction of sp³-hybridized carbons (Fsp3) is 0.438. The highest BCUT2D eigenvalue weighted by molar-refractivity contribution is 6.12. The van der Waals surface area contributed by atoms with Crippen LogP contribution in [0.25, 0.3) is 5.57 Å². The molecule has 4 aliphatic heterocycles. The fourth-order valence-corrected chi connectivity index (χ4v) is 9.94. The molecule has 3 aromatic rings. The Morgan fingerprint density at radius 1 is 1.05 bits per heavy atom. The fourth-order valence-electron chi connectivity index (χ4n) is 9.94. The van der Waals surface area contributed by atoms with Gasteiger partial charge in [0.05, 0.1) is 18.8 Å². The number of rotatable bonds is 12. The number of allylic oxidation sites excluding steroid dienone is 1. The van der Waals surface area contributed by atoms with Crippen LogP contribution in [0, 0.1) is 17.2 Å². The van der Waals surface area contributed by atoms with Crippen LogP contribution in [0.4, 0.5) is 20.2 Å². The molecule has 1 aromatic heterocycles. The number of likely N-dealkylation sites (tertiary alicyclic amines) is 1. The molecule has 14 nitrogen and oxygen atoms in total. The molecular formula is C48H56F2N10O4. The van der Waals surface area contributed by atoms with Gasteiger partial charge in [0.25, 0.3) is 6.43 Å². The molecule has 1 unspecified atom stereocenters. The summed E-state index contributed by atoms with van der Waals surface area (Å²) < 4.78 is 29.1. The number of halogens is 2. The molecule has 2 atom stereocenters. The Morgan fingerprint density at radius 2 is 1.86 bits per heavy atom. The van der Waals surface area contributed by atoms with Crippen molar-refractivity contribution in [1.82, 2.24) is 25.4 Å². The van der Waals surface area contributed by atoms with E-state index in [-0.39, 0.29) is 53.9 Å². The van der Waals surface area contributed by atoms with Gasteiger partial charge < -0.3 is 26.2 Å². The summed E-state index contributed by atoms with van der Waals surface area (Å²) in [5, 5.41) is 19.2. The number of carbonyl (C=O) groups excluding carboxylic acids is 4. The van der Waals surface area contributed by atoms with Crippen LogP contribution in [0.15, 0.2) is 71.1 Å². The van der Waals surface area contributed by atoms with E-state index >= 15 is 0 Å². The first kappa shape index (κ1) is 44.3. The molecule has 6 N–H and O–H groups in total. The lowest BCUT2D eigenvalue weighted by Crippen LogP contribution is -2.47. The van der Waals surface area contributed by atoms with Gasteiger partial charge in [0.15, 0.2) is 5.78 Å². The number of imide groups is 1. The summed E-state index contributed by atoms with van der Waals surface area (Å²) in [7, 11) is 1.57. The monoisotopic (exact) mass is 874 g/mol. The minimum atomic E-state index is -2.76. The predicted molar refractivity (Wildman–Crippen MR) is 242 cm³/mol. The number of Topliss-reactive ketones (excluding diaryl/α,β-unsaturated/α-hetero) is 1. The minimum absolute atomic E-state index is 0.0461. The highest BCUT2D eigenvalue weighted by Crippen LogP contribution is 2.40. The number of aromatic nitrogens is 1. The smallest absolute Gasteiger partial charge is 0.264 e. The molecule has 0 bridgehead atoms. The zero-order valence-electron chi connectivity index (χ0n) is 36.4. The van der Waals surface area contributed by atoms with Crippen LogP contribution in [0.1, 0.15) is 95.7 Å². The second kappa shape index (κ2) is 19.2. The first-order chi connectivity index (χ1) is 30.9. The van der Waals surface area contributed by atoms with Gasteiger partial charge in [0.1, 0.15) is 5.84 Å². The van der Waals surface area contributed by atoms with E-state index in [1.54, 1.807) is 18.0 Å². The van der Waals surface area contributed by atoms with Gasteiger partial charge in [-0.2, -0.15) is 0 Å². The molecule has 0 radical (unpaired) electrons. The molecule has 0 spiro atoms. The van der Waals surface area contributed by atoms with E-state index in [1.807, 2.05) is 35.4 Å². The molecule has 336 valence electrons. The van der Waals surface area contributed by atoms with Crippen LogP contribution >= 0.6 is 0 Å². The molecule has 8 rings (SSSR count). The molecule has 64 heavy (non-hydrogen) atoms. The number of amidine groups is 1. The Kier molecular flexibility index (Phi) is 13.3. The van der Waals surface area contributed by atoms with E-state index in [0.717, 1.165) is 72.7 Å². The van der Waals surface area contributed by atoms with E-state index in [1.165, 1.54) is 25.4 Å². The Morgan fingerprint density at radius 3 is 2.56 bits per heavy atom. The van der Waals surface area contributed by atoms with E-state index in [2.05, 4.69) is 31.9 Å². The third-order valence-electron chi connectivity index (χ3n) is 13.4. The molecule has 3 amide bonds. The molecule has 2 aromatic carbocycles. The van der Waals surface area contributed by atoms with Gasteiger partial charge in [-0.3, -0.25) is 44.8 Å². The molecule has 5 aliphatic rings. The molecule has 0 saturated carbocycles. The number of benzene rings is 2. The van der Waals surface area contributed by atoms with Crippen molar-refractivity contribution < 1.29 is 28.0 Å². The van der Waals surface area contributed by atoms with Crippen LogP contribution < -0.4 is 26.6 Å². The number of alkyl halides is 2. The third kappa shape index (κ3) is 9.33. The number of nitrogens with one attached hydrogen (secondary N) is 4. The van der Waals surface area contributed by atoms with Crippen LogP contribution in [0.2, 0.25) is 0 Å². The number of aliphatic imine (C=N–C) groups is 1. The lowest BCUT2D eigenvalue weighted by atomic mass is 9.83. The standard InChI is InChI=1S/C48H56F2N10O4/c1-28(61)59-18-14-42(40(27-59)47(52)60-15-4-5-30-19-36(31(22-51)24-53-2)39(46(49)50)21-43(30)60)56-32-12-16-58(17-13-32)26-29-8-9-33(54-23-29)25-55-41-7-3-6-34-37(41)20-38(45(34)63)35-10-11-44(62)57-48(35)64/h3,6-9,19,21-24,32,35,38,46,52,55-56H,4-5,10-18,20,25-27,51H2,1-2H3,(H,57,62,64)/t35?,38-/m0/s1. The average Bonchev–Trinajstić information content (AvgIpc) is 3.63. The van der Waals surface area contributed by atoms with Crippen LogP contribution in [-0.4, -0.2) is 96.2 Å². The van der Waals surface area contributed by atoms with Gasteiger partial charge in [0.2, 0.25) is 17.7 Å². The number of carbonyl (C=O) groups is 4. The number of piperidine rings is 2. The van der Waals surface area contributed by atoms with Gasteiger partial charge >= 0.3 is 0 Å². The van der Waals surface area contributed by atoms with Crippen LogP contribution in [0.3, 0.4) is 0 Å². The number of hydrogen-bond donors (Lipinski definition) is 5. The van der Waals surface area contributed by atoms with Crippen molar-refractivity contribution in [1.29, 1.82) is 5.41 Å². The Balaban J connectivity index is 0.885. The molecular weight excluding hydrogens is 819 g/mol. The van der Waals surface area contributed by atoms with E-state index in [4.69, 9.17) is 10.7 Å². The predicted octanol–water partition coefficient (Wildman–Crippen LogP) is 5.53. The lowest BCUT2D eigenvalue weighted by molar-refractivity contribution is -0.137. The third-order valence-corrected chi connectivity index (χ3v) is 13.4.